The second-order valence-electron chi connectivity index (χ2n) is 4.12. The van der Waals surface area contributed by atoms with Crippen molar-refractivity contribution in [3.63, 3.8) is 0 Å². The zero-order valence-electron chi connectivity index (χ0n) is 11.2. The summed E-state index contributed by atoms with van der Waals surface area (Å²) in [6.07, 6.45) is 0. The van der Waals surface area contributed by atoms with Crippen molar-refractivity contribution in [2.24, 2.45) is 0 Å². The van der Waals surface area contributed by atoms with Crippen molar-refractivity contribution < 1.29 is 23.1 Å². The van der Waals surface area contributed by atoms with E-state index in [0.29, 0.717) is 0 Å². The Kier molecular flexibility index (Phi) is 5.61. The molecule has 1 unspecified atom stereocenters. The van der Waals surface area contributed by atoms with E-state index in [2.05, 4.69) is 5.32 Å². The van der Waals surface area contributed by atoms with Gasteiger partial charge in [-0.05, 0) is 26.0 Å². The van der Waals surface area contributed by atoms with Gasteiger partial charge in [0, 0.05) is 6.54 Å². The van der Waals surface area contributed by atoms with Gasteiger partial charge in [0.1, 0.15) is 5.25 Å². The monoisotopic (exact) mass is 353 g/mol. The van der Waals surface area contributed by atoms with Crippen LogP contribution in [0.5, 0.6) is 0 Å². The van der Waals surface area contributed by atoms with Crippen LogP contribution >= 0.6 is 23.2 Å². The van der Waals surface area contributed by atoms with Crippen LogP contribution in [-0.4, -0.2) is 37.2 Å². The first-order chi connectivity index (χ1) is 9.64. The number of carbonyl (C=O) groups is 2. The Labute approximate surface area is 132 Å². The SMILES string of the molecule is CCNC(=O)C(C)S(=O)(=O)c1ccc(Cl)c(C(=O)O)c1Cl. The average molecular weight is 354 g/mol. The van der Waals surface area contributed by atoms with Gasteiger partial charge in [-0.3, -0.25) is 4.79 Å². The van der Waals surface area contributed by atoms with E-state index in [1.54, 1.807) is 6.92 Å². The van der Waals surface area contributed by atoms with Gasteiger partial charge >= 0.3 is 5.97 Å². The molecule has 0 spiro atoms. The van der Waals surface area contributed by atoms with Crippen molar-refractivity contribution in [1.82, 2.24) is 5.32 Å². The molecular weight excluding hydrogens is 341 g/mol. The third kappa shape index (κ3) is 3.48. The van der Waals surface area contributed by atoms with Gasteiger partial charge in [0.2, 0.25) is 5.91 Å². The number of hydrogen-bond acceptors (Lipinski definition) is 4. The molecule has 1 amide bonds. The van der Waals surface area contributed by atoms with Crippen LogP contribution in [0.1, 0.15) is 24.2 Å². The van der Waals surface area contributed by atoms with Gasteiger partial charge in [0.15, 0.2) is 9.84 Å². The van der Waals surface area contributed by atoms with Crippen molar-refractivity contribution in [2.45, 2.75) is 24.0 Å². The van der Waals surface area contributed by atoms with Crippen molar-refractivity contribution in [2.75, 3.05) is 6.54 Å². The maximum Gasteiger partial charge on any atom is 0.338 e. The predicted octanol–water partition coefficient (Wildman–Crippen LogP) is 1.99. The zero-order valence-corrected chi connectivity index (χ0v) is 13.5. The van der Waals surface area contributed by atoms with E-state index in [9.17, 15) is 18.0 Å². The molecular formula is C12H13Cl2NO5S. The second kappa shape index (κ2) is 6.64. The van der Waals surface area contributed by atoms with Crippen molar-refractivity contribution in [1.29, 1.82) is 0 Å². The van der Waals surface area contributed by atoms with Gasteiger partial charge in [-0.15, -0.1) is 0 Å². The standard InChI is InChI=1S/C12H13Cl2NO5S/c1-3-15-11(16)6(2)21(19,20)8-5-4-7(13)9(10(8)14)12(17)18/h4-6H,3H2,1-2H3,(H,15,16)(H,17,18). The second-order valence-corrected chi connectivity index (χ2v) is 7.14. The van der Waals surface area contributed by atoms with E-state index in [4.69, 9.17) is 28.3 Å². The lowest BCUT2D eigenvalue weighted by molar-refractivity contribution is -0.120. The highest BCUT2D eigenvalue weighted by Crippen LogP contribution is 2.32. The number of amides is 1. The molecule has 0 saturated heterocycles. The summed E-state index contributed by atoms with van der Waals surface area (Å²) in [6.45, 7) is 3.12. The average Bonchev–Trinajstić information content (AvgIpc) is 2.37. The summed E-state index contributed by atoms with van der Waals surface area (Å²) in [5, 5.41) is 9.32. The summed E-state index contributed by atoms with van der Waals surface area (Å²) in [5.41, 5.74) is -0.512. The quantitative estimate of drug-likeness (QED) is 0.842. The van der Waals surface area contributed by atoms with Gasteiger partial charge in [0.05, 0.1) is 20.5 Å². The summed E-state index contributed by atoms with van der Waals surface area (Å²) in [7, 11) is -4.13. The Morgan fingerprint density at radius 2 is 1.90 bits per heavy atom. The number of carbonyl (C=O) groups excluding carboxylic acids is 1. The Morgan fingerprint density at radius 1 is 1.33 bits per heavy atom. The largest absolute Gasteiger partial charge is 0.478 e. The minimum Gasteiger partial charge on any atom is -0.478 e. The van der Waals surface area contributed by atoms with Crippen LogP contribution < -0.4 is 5.32 Å². The van der Waals surface area contributed by atoms with E-state index >= 15 is 0 Å². The highest BCUT2D eigenvalue weighted by molar-refractivity contribution is 7.93. The van der Waals surface area contributed by atoms with E-state index in [1.807, 2.05) is 0 Å². The number of aromatic carboxylic acids is 1. The molecule has 21 heavy (non-hydrogen) atoms. The van der Waals surface area contributed by atoms with Crippen molar-refractivity contribution >= 4 is 44.9 Å². The summed E-state index contributed by atoms with van der Waals surface area (Å²) in [5.74, 6) is -2.15. The first-order valence-corrected chi connectivity index (χ1v) is 8.17. The van der Waals surface area contributed by atoms with Crippen molar-refractivity contribution in [3.05, 3.63) is 27.7 Å². The molecule has 6 nitrogen and oxygen atoms in total. The molecule has 0 heterocycles. The molecule has 0 aromatic heterocycles. The lowest BCUT2D eigenvalue weighted by Crippen LogP contribution is -2.37. The number of benzene rings is 1. The Balaban J connectivity index is 3.43. The number of hydrogen-bond donors (Lipinski definition) is 2. The summed E-state index contributed by atoms with van der Waals surface area (Å²) < 4.78 is 24.7. The van der Waals surface area contributed by atoms with Crippen LogP contribution in [0, 0.1) is 0 Å². The first-order valence-electron chi connectivity index (χ1n) is 5.87. The number of halogens is 2. The van der Waals surface area contributed by atoms with Gasteiger partial charge in [-0.25, -0.2) is 13.2 Å². The van der Waals surface area contributed by atoms with E-state index in [-0.39, 0.29) is 11.6 Å². The number of nitrogens with one attached hydrogen (secondary N) is 1. The Bertz CT molecular complexity index is 687. The minimum atomic E-state index is -4.13. The topological polar surface area (TPSA) is 101 Å². The summed E-state index contributed by atoms with van der Waals surface area (Å²) >= 11 is 11.5. The van der Waals surface area contributed by atoms with Crippen LogP contribution in [0.15, 0.2) is 17.0 Å². The van der Waals surface area contributed by atoms with Gasteiger partial charge in [-0.2, -0.15) is 0 Å². The van der Waals surface area contributed by atoms with Gasteiger partial charge < -0.3 is 10.4 Å². The molecule has 1 rings (SSSR count). The molecule has 1 aromatic carbocycles. The van der Waals surface area contributed by atoms with Gasteiger partial charge in [-0.1, -0.05) is 23.2 Å². The molecule has 9 heteroatoms. The van der Waals surface area contributed by atoms with Crippen LogP contribution in [0.25, 0.3) is 0 Å². The molecule has 0 aliphatic rings. The summed E-state index contributed by atoms with van der Waals surface area (Å²) in [6, 6.07) is 2.20. The minimum absolute atomic E-state index is 0.183. The highest BCUT2D eigenvalue weighted by atomic mass is 35.5. The zero-order chi connectivity index (χ0) is 16.4. The maximum absolute atomic E-state index is 12.4. The lowest BCUT2D eigenvalue weighted by atomic mass is 10.2. The number of rotatable bonds is 5. The molecule has 0 aliphatic carbocycles. The number of sulfone groups is 1. The molecule has 116 valence electrons. The fourth-order valence-electron chi connectivity index (χ4n) is 1.60. The third-order valence-electron chi connectivity index (χ3n) is 2.76. The first kappa shape index (κ1) is 17.7. The Hall–Kier alpha value is -1.31. The molecule has 0 bridgehead atoms. The van der Waals surface area contributed by atoms with Crippen LogP contribution in [-0.2, 0) is 14.6 Å². The third-order valence-corrected chi connectivity index (χ3v) is 5.68. The highest BCUT2D eigenvalue weighted by Gasteiger charge is 2.33. The Morgan fingerprint density at radius 3 is 2.38 bits per heavy atom. The molecule has 0 radical (unpaired) electrons. The number of carboxylic acid groups (broad SMARTS) is 1. The number of carboxylic acids is 1. The molecule has 0 saturated carbocycles. The lowest BCUT2D eigenvalue weighted by Gasteiger charge is -2.15. The summed E-state index contributed by atoms with van der Waals surface area (Å²) in [4.78, 5) is 22.3. The van der Waals surface area contributed by atoms with Crippen LogP contribution in [0.4, 0.5) is 0 Å². The van der Waals surface area contributed by atoms with E-state index in [0.717, 1.165) is 12.1 Å². The van der Waals surface area contributed by atoms with Crippen molar-refractivity contribution in [3.8, 4) is 0 Å². The molecule has 0 aliphatic heterocycles. The smallest absolute Gasteiger partial charge is 0.338 e. The fraction of sp³-hybridized carbons (Fsp3) is 0.333. The van der Waals surface area contributed by atoms with E-state index < -0.39 is 42.4 Å². The molecule has 1 aromatic rings. The van der Waals surface area contributed by atoms with Crippen LogP contribution in [0.3, 0.4) is 0 Å². The van der Waals surface area contributed by atoms with Gasteiger partial charge in [0.25, 0.3) is 0 Å². The molecule has 0 fully saturated rings. The molecule has 2 N–H and O–H groups in total. The molecule has 1 atom stereocenters. The van der Waals surface area contributed by atoms with E-state index in [1.165, 1.54) is 6.92 Å². The fourth-order valence-corrected chi connectivity index (χ4v) is 3.81. The normalized spacial score (nSPS) is 12.8. The maximum atomic E-state index is 12.4. The predicted molar refractivity (Wildman–Crippen MR) is 78.8 cm³/mol. The van der Waals surface area contributed by atoms with Crippen LogP contribution in [0.2, 0.25) is 10.0 Å².